The Morgan fingerprint density at radius 2 is 0.952 bits per heavy atom. The van der Waals surface area contributed by atoms with Crippen LogP contribution in [0.1, 0.15) is 36.1 Å². The van der Waals surface area contributed by atoms with Crippen LogP contribution in [0.4, 0.5) is 0 Å². The zero-order chi connectivity index (χ0) is 15.3. The van der Waals surface area contributed by atoms with Crippen molar-refractivity contribution in [2.24, 2.45) is 0 Å². The van der Waals surface area contributed by atoms with Gasteiger partial charge in [-0.2, -0.15) is 0 Å². The highest BCUT2D eigenvalue weighted by Crippen LogP contribution is 2.20. The van der Waals surface area contributed by atoms with Crippen molar-refractivity contribution in [1.82, 2.24) is 0 Å². The molecular formula is C20H28N+. The monoisotopic (exact) mass is 282 g/mol. The van der Waals surface area contributed by atoms with E-state index in [0.717, 1.165) is 30.7 Å². The van der Waals surface area contributed by atoms with Gasteiger partial charge in [0, 0.05) is 11.1 Å². The van der Waals surface area contributed by atoms with Crippen molar-refractivity contribution in [3.8, 4) is 0 Å². The summed E-state index contributed by atoms with van der Waals surface area (Å²) in [5.41, 5.74) is 5.56. The molecule has 0 atom stereocenters. The van der Waals surface area contributed by atoms with Crippen LogP contribution in [0.15, 0.2) is 48.5 Å². The first-order valence-electron chi connectivity index (χ1n) is 8.03. The topological polar surface area (TPSA) is 0 Å². The molecule has 1 heteroatoms. The van der Waals surface area contributed by atoms with Gasteiger partial charge in [-0.15, -0.1) is 0 Å². The van der Waals surface area contributed by atoms with Gasteiger partial charge >= 0.3 is 0 Å². The largest absolute Gasteiger partial charge is 0.317 e. The van der Waals surface area contributed by atoms with E-state index in [1.54, 1.807) is 0 Å². The molecule has 0 N–H and O–H groups in total. The first-order valence-corrected chi connectivity index (χ1v) is 8.03. The van der Waals surface area contributed by atoms with Crippen LogP contribution in [-0.2, 0) is 13.1 Å². The Hall–Kier alpha value is -1.60. The average molecular weight is 282 g/mol. The van der Waals surface area contributed by atoms with Gasteiger partial charge in [-0.25, -0.2) is 0 Å². The molecule has 0 radical (unpaired) electrons. The summed E-state index contributed by atoms with van der Waals surface area (Å²) in [7, 11) is 0. The van der Waals surface area contributed by atoms with E-state index < -0.39 is 0 Å². The van der Waals surface area contributed by atoms with Crippen LogP contribution in [0.3, 0.4) is 0 Å². The molecule has 21 heavy (non-hydrogen) atoms. The Morgan fingerprint density at radius 1 is 0.619 bits per heavy atom. The zero-order valence-electron chi connectivity index (χ0n) is 13.9. The molecule has 0 fully saturated rings. The van der Waals surface area contributed by atoms with Gasteiger partial charge < -0.3 is 4.48 Å². The second-order valence-electron chi connectivity index (χ2n) is 6.26. The molecule has 0 saturated heterocycles. The predicted octanol–water partition coefficient (Wildman–Crippen LogP) is 4.86. The van der Waals surface area contributed by atoms with Gasteiger partial charge in [0.25, 0.3) is 0 Å². The van der Waals surface area contributed by atoms with Crippen LogP contribution in [0.2, 0.25) is 0 Å². The second-order valence-corrected chi connectivity index (χ2v) is 6.26. The molecule has 0 spiro atoms. The highest BCUT2D eigenvalue weighted by molar-refractivity contribution is 5.22. The highest BCUT2D eigenvalue weighted by Gasteiger charge is 2.24. The van der Waals surface area contributed by atoms with Gasteiger partial charge in [-0.3, -0.25) is 0 Å². The lowest BCUT2D eigenvalue weighted by Crippen LogP contribution is -2.46. The fourth-order valence-electron chi connectivity index (χ4n) is 2.89. The summed E-state index contributed by atoms with van der Waals surface area (Å²) in [6, 6.07) is 18.0. The Kier molecular flexibility index (Phi) is 5.19. The van der Waals surface area contributed by atoms with Crippen molar-refractivity contribution in [1.29, 1.82) is 0 Å². The van der Waals surface area contributed by atoms with Gasteiger partial charge in [-0.05, 0) is 27.7 Å². The molecule has 0 unspecified atom stereocenters. The Balaban J connectivity index is 2.19. The van der Waals surface area contributed by atoms with Gasteiger partial charge in [-0.1, -0.05) is 59.7 Å². The molecule has 0 aliphatic rings. The van der Waals surface area contributed by atoms with E-state index in [2.05, 4.69) is 76.2 Å². The molecule has 1 nitrogen and oxygen atoms in total. The van der Waals surface area contributed by atoms with Crippen molar-refractivity contribution in [3.63, 3.8) is 0 Å². The van der Waals surface area contributed by atoms with E-state index in [4.69, 9.17) is 0 Å². The quantitative estimate of drug-likeness (QED) is 0.664. The number of aryl methyl sites for hydroxylation is 2. The second kappa shape index (κ2) is 6.91. The Labute approximate surface area is 129 Å². The third-order valence-electron chi connectivity index (χ3n) is 4.62. The summed E-state index contributed by atoms with van der Waals surface area (Å²) in [5.74, 6) is 0. The van der Waals surface area contributed by atoms with Crippen LogP contribution >= 0.6 is 0 Å². The Morgan fingerprint density at radius 3 is 1.24 bits per heavy atom. The minimum absolute atomic E-state index is 1.11. The SMILES string of the molecule is CC[N+](CC)(Cc1ccc(C)cc1)Cc1ccc(C)cc1. The Bertz CT molecular complexity index is 498. The number of nitrogens with zero attached hydrogens (tertiary/aromatic N) is 1. The fraction of sp³-hybridized carbons (Fsp3) is 0.400. The van der Waals surface area contributed by atoms with Crippen LogP contribution in [-0.4, -0.2) is 17.6 Å². The average Bonchev–Trinajstić information content (AvgIpc) is 2.51. The number of rotatable bonds is 6. The maximum atomic E-state index is 2.31. The lowest BCUT2D eigenvalue weighted by atomic mass is 10.1. The molecule has 0 bridgehead atoms. The summed E-state index contributed by atoms with van der Waals surface area (Å²) in [4.78, 5) is 0. The first-order chi connectivity index (χ1) is 10.1. The molecule has 2 aromatic rings. The third-order valence-corrected chi connectivity index (χ3v) is 4.62. The van der Waals surface area contributed by atoms with E-state index in [9.17, 15) is 0 Å². The zero-order valence-corrected chi connectivity index (χ0v) is 13.9. The normalized spacial score (nSPS) is 11.6. The first kappa shape index (κ1) is 15.8. The minimum atomic E-state index is 1.11. The van der Waals surface area contributed by atoms with E-state index in [-0.39, 0.29) is 0 Å². The lowest BCUT2D eigenvalue weighted by Gasteiger charge is -2.37. The van der Waals surface area contributed by atoms with Gasteiger partial charge in [0.1, 0.15) is 13.1 Å². The summed E-state index contributed by atoms with van der Waals surface area (Å²) in [5, 5.41) is 0. The molecule has 2 rings (SSSR count). The predicted molar refractivity (Wildman–Crippen MR) is 91.1 cm³/mol. The molecular weight excluding hydrogens is 254 g/mol. The third kappa shape index (κ3) is 4.18. The maximum Gasteiger partial charge on any atom is 0.105 e. The summed E-state index contributed by atoms with van der Waals surface area (Å²) in [6.07, 6.45) is 0. The van der Waals surface area contributed by atoms with Crippen molar-refractivity contribution in [2.45, 2.75) is 40.8 Å². The molecule has 2 aromatic carbocycles. The van der Waals surface area contributed by atoms with Crippen molar-refractivity contribution >= 4 is 0 Å². The molecule has 0 saturated carbocycles. The molecule has 0 aromatic heterocycles. The van der Waals surface area contributed by atoms with Crippen LogP contribution in [0.5, 0.6) is 0 Å². The van der Waals surface area contributed by atoms with Crippen LogP contribution in [0.25, 0.3) is 0 Å². The highest BCUT2D eigenvalue weighted by atomic mass is 15.3. The van der Waals surface area contributed by atoms with Gasteiger partial charge in [0.05, 0.1) is 13.1 Å². The summed E-state index contributed by atoms with van der Waals surface area (Å²) < 4.78 is 1.12. The molecule has 0 heterocycles. The van der Waals surface area contributed by atoms with Gasteiger partial charge in [0.15, 0.2) is 0 Å². The minimum Gasteiger partial charge on any atom is -0.317 e. The summed E-state index contributed by atoms with van der Waals surface area (Å²) in [6.45, 7) is 13.5. The molecule has 0 aliphatic heterocycles. The molecule has 0 aliphatic carbocycles. The number of benzene rings is 2. The maximum absolute atomic E-state index is 2.31. The van der Waals surface area contributed by atoms with Crippen molar-refractivity contribution in [2.75, 3.05) is 13.1 Å². The molecule has 112 valence electrons. The molecule has 0 amide bonds. The number of hydrogen-bond donors (Lipinski definition) is 0. The fourth-order valence-corrected chi connectivity index (χ4v) is 2.89. The van der Waals surface area contributed by atoms with E-state index >= 15 is 0 Å². The van der Waals surface area contributed by atoms with E-state index in [0.29, 0.717) is 0 Å². The number of hydrogen-bond acceptors (Lipinski definition) is 0. The van der Waals surface area contributed by atoms with Gasteiger partial charge in [0.2, 0.25) is 0 Å². The smallest absolute Gasteiger partial charge is 0.105 e. The standard InChI is InChI=1S/C20H28N/c1-5-21(6-2,15-19-11-7-17(3)8-12-19)16-20-13-9-18(4)10-14-20/h7-14H,5-6,15-16H2,1-4H3/q+1. The van der Waals surface area contributed by atoms with Crippen LogP contribution in [0, 0.1) is 13.8 Å². The lowest BCUT2D eigenvalue weighted by molar-refractivity contribution is -0.950. The van der Waals surface area contributed by atoms with Crippen molar-refractivity contribution < 1.29 is 4.48 Å². The van der Waals surface area contributed by atoms with Crippen molar-refractivity contribution in [3.05, 3.63) is 70.8 Å². The van der Waals surface area contributed by atoms with E-state index in [1.807, 2.05) is 0 Å². The van der Waals surface area contributed by atoms with E-state index in [1.165, 1.54) is 22.3 Å². The van der Waals surface area contributed by atoms with Crippen LogP contribution < -0.4 is 0 Å². The number of quaternary nitrogens is 1. The summed E-state index contributed by atoms with van der Waals surface area (Å²) >= 11 is 0.